The second-order valence-corrected chi connectivity index (χ2v) is 2.35. The van der Waals surface area contributed by atoms with E-state index in [1.54, 1.807) is 12.4 Å². The summed E-state index contributed by atoms with van der Waals surface area (Å²) < 4.78 is 5.14. The summed E-state index contributed by atoms with van der Waals surface area (Å²) in [6.07, 6.45) is 9.04. The van der Waals surface area contributed by atoms with Crippen LogP contribution < -0.4 is 4.74 Å². The minimum Gasteiger partial charge on any atom is -0.462 e. The first-order chi connectivity index (χ1) is 5.83. The lowest BCUT2D eigenvalue weighted by atomic mass is 10.4. The van der Waals surface area contributed by atoms with E-state index in [-0.39, 0.29) is 0 Å². The third-order valence-electron chi connectivity index (χ3n) is 1.23. The molecule has 0 N–H and O–H groups in total. The number of nitrogens with zero attached hydrogens (tertiary/aromatic N) is 2. The van der Waals surface area contributed by atoms with Gasteiger partial charge in [0.15, 0.2) is 0 Å². The summed E-state index contributed by atoms with van der Waals surface area (Å²) in [6, 6.07) is 0.385. The van der Waals surface area contributed by atoms with Gasteiger partial charge in [0.05, 0.1) is 0 Å². The van der Waals surface area contributed by atoms with E-state index in [2.05, 4.69) is 15.9 Å². The van der Waals surface area contributed by atoms with Crippen molar-refractivity contribution in [3.63, 3.8) is 0 Å². The molecule has 0 saturated heterocycles. The molecule has 1 aromatic heterocycles. The van der Waals surface area contributed by atoms with Crippen LogP contribution in [0.3, 0.4) is 0 Å². The highest BCUT2D eigenvalue weighted by Crippen LogP contribution is 2.00. The van der Waals surface area contributed by atoms with Crippen molar-refractivity contribution in [1.29, 1.82) is 0 Å². The Morgan fingerprint density at radius 2 is 2.17 bits per heavy atom. The molecule has 3 nitrogen and oxygen atoms in total. The normalized spacial score (nSPS) is 9.00. The molecule has 0 unspecified atom stereocenters. The summed E-state index contributed by atoms with van der Waals surface area (Å²) in [5.41, 5.74) is 1.01. The predicted molar refractivity (Wildman–Crippen MR) is 45.7 cm³/mol. The molecule has 0 bridgehead atoms. The largest absolute Gasteiger partial charge is 0.462 e. The average Bonchev–Trinajstić information content (AvgIpc) is 2.09. The van der Waals surface area contributed by atoms with Crippen molar-refractivity contribution in [3.8, 4) is 18.4 Å². The van der Waals surface area contributed by atoms with Crippen LogP contribution in [0.4, 0.5) is 0 Å². The molecule has 0 aliphatic rings. The van der Waals surface area contributed by atoms with Crippen molar-refractivity contribution in [3.05, 3.63) is 18.0 Å². The second-order valence-electron chi connectivity index (χ2n) is 2.35. The highest BCUT2D eigenvalue weighted by Gasteiger charge is 1.93. The Morgan fingerprint density at radius 3 is 2.75 bits per heavy atom. The zero-order chi connectivity index (χ0) is 8.81. The third kappa shape index (κ3) is 2.59. The lowest BCUT2D eigenvalue weighted by Crippen LogP contribution is -1.99. The Bertz CT molecular complexity index is 274. The molecule has 0 spiro atoms. The van der Waals surface area contributed by atoms with Gasteiger partial charge in [-0.15, -0.1) is 12.3 Å². The number of ether oxygens (including phenoxy) is 1. The van der Waals surface area contributed by atoms with Crippen LogP contribution in [-0.2, 0) is 0 Å². The third-order valence-corrected chi connectivity index (χ3v) is 1.23. The molecule has 1 heterocycles. The molecule has 0 aromatic carbocycles. The minimum absolute atomic E-state index is 0.385. The highest BCUT2D eigenvalue weighted by molar-refractivity contribution is 5.04. The Morgan fingerprint density at radius 1 is 1.50 bits per heavy atom. The van der Waals surface area contributed by atoms with Gasteiger partial charge in [-0.1, -0.05) is 0 Å². The van der Waals surface area contributed by atoms with Crippen LogP contribution in [0.2, 0.25) is 0 Å². The van der Waals surface area contributed by atoms with E-state index >= 15 is 0 Å². The van der Waals surface area contributed by atoms with Gasteiger partial charge in [-0.05, 0) is 12.5 Å². The van der Waals surface area contributed by atoms with E-state index in [1.165, 1.54) is 0 Å². The van der Waals surface area contributed by atoms with Crippen molar-refractivity contribution >= 4 is 0 Å². The van der Waals surface area contributed by atoms with Crippen molar-refractivity contribution in [2.45, 2.75) is 13.3 Å². The smallest absolute Gasteiger partial charge is 0.316 e. The molecule has 12 heavy (non-hydrogen) atoms. The average molecular weight is 162 g/mol. The summed E-state index contributed by atoms with van der Waals surface area (Å²) in [7, 11) is 0. The molecule has 0 aliphatic heterocycles. The number of aryl methyl sites for hydroxylation is 1. The summed E-state index contributed by atoms with van der Waals surface area (Å²) in [5.74, 6) is 2.47. The van der Waals surface area contributed by atoms with Crippen LogP contribution in [0.15, 0.2) is 12.4 Å². The maximum absolute atomic E-state index is 5.14. The zero-order valence-corrected chi connectivity index (χ0v) is 6.95. The Hall–Kier alpha value is -1.56. The Labute approximate surface area is 71.8 Å². The molecule has 0 aliphatic carbocycles. The molecule has 0 saturated carbocycles. The van der Waals surface area contributed by atoms with Crippen LogP contribution in [0, 0.1) is 19.3 Å². The molecule has 3 heteroatoms. The number of hydrogen-bond acceptors (Lipinski definition) is 3. The van der Waals surface area contributed by atoms with Gasteiger partial charge in [0, 0.05) is 18.8 Å². The quantitative estimate of drug-likeness (QED) is 0.494. The lowest BCUT2D eigenvalue weighted by molar-refractivity contribution is 0.300. The minimum atomic E-state index is 0.385. The van der Waals surface area contributed by atoms with Gasteiger partial charge < -0.3 is 4.74 Å². The Kier molecular flexibility index (Phi) is 3.09. The number of hydrogen-bond donors (Lipinski definition) is 0. The summed E-state index contributed by atoms with van der Waals surface area (Å²) in [6.45, 7) is 2.39. The number of rotatable bonds is 3. The van der Waals surface area contributed by atoms with Crippen molar-refractivity contribution in [2.24, 2.45) is 0 Å². The van der Waals surface area contributed by atoms with Crippen LogP contribution >= 0.6 is 0 Å². The first kappa shape index (κ1) is 8.54. The topological polar surface area (TPSA) is 35.0 Å². The number of aromatic nitrogens is 2. The van der Waals surface area contributed by atoms with E-state index in [4.69, 9.17) is 11.2 Å². The van der Waals surface area contributed by atoms with Crippen LogP contribution in [0.25, 0.3) is 0 Å². The second kappa shape index (κ2) is 4.35. The molecule has 1 rings (SSSR count). The van der Waals surface area contributed by atoms with E-state index < -0.39 is 0 Å². The molecular weight excluding hydrogens is 152 g/mol. The fourth-order valence-electron chi connectivity index (χ4n) is 0.657. The van der Waals surface area contributed by atoms with Crippen LogP contribution in [-0.4, -0.2) is 16.6 Å². The van der Waals surface area contributed by atoms with Crippen LogP contribution in [0.1, 0.15) is 12.0 Å². The highest BCUT2D eigenvalue weighted by atomic mass is 16.5. The summed E-state index contributed by atoms with van der Waals surface area (Å²) in [4.78, 5) is 7.90. The van der Waals surface area contributed by atoms with E-state index in [0.29, 0.717) is 19.0 Å². The van der Waals surface area contributed by atoms with E-state index in [0.717, 1.165) is 5.56 Å². The molecule has 62 valence electrons. The molecule has 0 amide bonds. The van der Waals surface area contributed by atoms with Gasteiger partial charge in [-0.2, -0.15) is 0 Å². The molecule has 0 fully saturated rings. The van der Waals surface area contributed by atoms with Crippen molar-refractivity contribution in [2.75, 3.05) is 6.61 Å². The molecular formula is C9H10N2O. The fraction of sp³-hybridized carbons (Fsp3) is 0.333. The predicted octanol–water partition coefficient (Wildman–Crippen LogP) is 1.19. The Balaban J connectivity index is 2.43. The van der Waals surface area contributed by atoms with Gasteiger partial charge in [-0.25, -0.2) is 9.97 Å². The molecule has 0 radical (unpaired) electrons. The van der Waals surface area contributed by atoms with E-state index in [9.17, 15) is 0 Å². The van der Waals surface area contributed by atoms with E-state index in [1.807, 2.05) is 6.92 Å². The first-order valence-electron chi connectivity index (χ1n) is 3.68. The van der Waals surface area contributed by atoms with Gasteiger partial charge in [0.2, 0.25) is 0 Å². The first-order valence-corrected chi connectivity index (χ1v) is 3.68. The maximum Gasteiger partial charge on any atom is 0.316 e. The van der Waals surface area contributed by atoms with Gasteiger partial charge in [0.1, 0.15) is 6.61 Å². The molecule has 1 aromatic rings. The summed E-state index contributed by atoms with van der Waals surface area (Å²) in [5, 5.41) is 0. The SMILES string of the molecule is C#CCCOc1ncc(C)cn1. The number of terminal acetylenes is 1. The van der Waals surface area contributed by atoms with Gasteiger partial charge in [-0.3, -0.25) is 0 Å². The summed E-state index contributed by atoms with van der Waals surface area (Å²) >= 11 is 0. The van der Waals surface area contributed by atoms with Gasteiger partial charge in [0.25, 0.3) is 0 Å². The van der Waals surface area contributed by atoms with Gasteiger partial charge >= 0.3 is 6.01 Å². The maximum atomic E-state index is 5.14. The standard InChI is InChI=1S/C9H10N2O/c1-3-4-5-12-9-10-6-8(2)7-11-9/h1,6-7H,4-5H2,2H3. The lowest BCUT2D eigenvalue weighted by Gasteiger charge is -2.00. The fourth-order valence-corrected chi connectivity index (χ4v) is 0.657. The van der Waals surface area contributed by atoms with Crippen molar-refractivity contribution < 1.29 is 4.74 Å². The van der Waals surface area contributed by atoms with Crippen molar-refractivity contribution in [1.82, 2.24) is 9.97 Å². The van der Waals surface area contributed by atoms with Crippen LogP contribution in [0.5, 0.6) is 6.01 Å². The zero-order valence-electron chi connectivity index (χ0n) is 6.95. The monoisotopic (exact) mass is 162 g/mol. The molecule has 0 atom stereocenters.